The van der Waals surface area contributed by atoms with Gasteiger partial charge in [-0.3, -0.25) is 0 Å². The molecule has 1 heteroatoms. The Morgan fingerprint density at radius 1 is 0.323 bits per heavy atom. The van der Waals surface area contributed by atoms with Crippen LogP contribution in [0.2, 0.25) is 0 Å². The van der Waals surface area contributed by atoms with E-state index in [1.54, 1.807) is 0 Å². The molecule has 0 aromatic heterocycles. The van der Waals surface area contributed by atoms with Gasteiger partial charge in [0.1, 0.15) is 0 Å². The summed E-state index contributed by atoms with van der Waals surface area (Å²) in [5.74, 6) is 0. The molecule has 31 heavy (non-hydrogen) atoms. The maximum Gasteiger partial charge on any atom is 3.00 e. The molecule has 0 spiro atoms. The van der Waals surface area contributed by atoms with Crippen molar-refractivity contribution in [3.63, 3.8) is 0 Å². The molecule has 1 radical (unpaired) electrons. The largest absolute Gasteiger partial charge is 3.00 e. The monoisotopic (exact) mass is 525 g/mol. The Labute approximate surface area is 214 Å². The molecular formula is C30H63Ru. The Balaban J connectivity index is -0.000000174. The average molecular weight is 525 g/mol. The normalized spacial score (nSPS) is 9.87. The maximum atomic E-state index is 2.38. The summed E-state index contributed by atoms with van der Waals surface area (Å²) in [7, 11) is 0. The van der Waals surface area contributed by atoms with Crippen molar-refractivity contribution in [1.29, 1.82) is 0 Å². The minimum Gasteiger partial charge on any atom is -0.329 e. The van der Waals surface area contributed by atoms with Crippen LogP contribution in [-0.4, -0.2) is 0 Å². The van der Waals surface area contributed by atoms with Crippen LogP contribution in [0.3, 0.4) is 0 Å². The van der Waals surface area contributed by atoms with Crippen molar-refractivity contribution in [3.05, 3.63) is 19.3 Å². The van der Waals surface area contributed by atoms with Crippen LogP contribution < -0.4 is 0 Å². The zero-order valence-electron chi connectivity index (χ0n) is 22.9. The maximum absolute atomic E-state index is 2.38. The van der Waals surface area contributed by atoms with Gasteiger partial charge in [-0.05, 0) is 0 Å². The molecular weight excluding hydrogens is 461 g/mol. The number of hydrogen-bond acceptors (Lipinski definition) is 0. The van der Waals surface area contributed by atoms with E-state index in [-0.39, 0.29) is 19.5 Å². The predicted octanol–water partition coefficient (Wildman–Crippen LogP) is 11.9. The molecule has 0 saturated heterocycles. The van der Waals surface area contributed by atoms with E-state index in [1.807, 2.05) is 0 Å². The van der Waals surface area contributed by atoms with Gasteiger partial charge in [0.2, 0.25) is 0 Å². The van der Waals surface area contributed by atoms with Crippen LogP contribution in [0.1, 0.15) is 176 Å². The van der Waals surface area contributed by atoms with E-state index >= 15 is 0 Å². The first-order chi connectivity index (χ1) is 14.7. The third kappa shape index (κ3) is 53.7. The van der Waals surface area contributed by atoms with Crippen LogP contribution in [0.25, 0.3) is 0 Å². The molecule has 0 aliphatic heterocycles. The predicted molar refractivity (Wildman–Crippen MR) is 144 cm³/mol. The Morgan fingerprint density at radius 3 is 0.742 bits per heavy atom. The van der Waals surface area contributed by atoms with Crippen molar-refractivity contribution < 1.29 is 19.5 Å². The molecule has 0 nitrogen and oxygen atoms in total. The fourth-order valence-corrected chi connectivity index (χ4v) is 3.29. The fraction of sp³-hybridized carbons (Fsp3) is 0.900. The first-order valence-corrected chi connectivity index (χ1v) is 14.2. The van der Waals surface area contributed by atoms with Gasteiger partial charge in [-0.2, -0.15) is 38.5 Å². The molecule has 191 valence electrons. The third-order valence-electron chi connectivity index (χ3n) is 5.40. The second-order valence-electron chi connectivity index (χ2n) is 8.70. The summed E-state index contributed by atoms with van der Waals surface area (Å²) in [5.41, 5.74) is 0. The molecule has 0 aliphatic rings. The van der Waals surface area contributed by atoms with Crippen molar-refractivity contribution in [2.75, 3.05) is 0 Å². The van der Waals surface area contributed by atoms with E-state index < -0.39 is 0 Å². The van der Waals surface area contributed by atoms with Crippen molar-refractivity contribution in [2.24, 2.45) is 0 Å². The molecule has 0 aliphatic carbocycles. The summed E-state index contributed by atoms with van der Waals surface area (Å²) in [6, 6.07) is 0. The second kappa shape index (κ2) is 44.3. The van der Waals surface area contributed by atoms with Crippen LogP contribution in [0.15, 0.2) is 0 Å². The van der Waals surface area contributed by atoms with Crippen molar-refractivity contribution >= 4 is 0 Å². The van der Waals surface area contributed by atoms with Crippen LogP contribution in [0.4, 0.5) is 0 Å². The molecule has 0 fully saturated rings. The summed E-state index contributed by atoms with van der Waals surface area (Å²) in [6.45, 7) is 13.4. The van der Waals surface area contributed by atoms with E-state index in [1.165, 1.54) is 135 Å². The first-order valence-electron chi connectivity index (χ1n) is 14.2. The van der Waals surface area contributed by atoms with Crippen molar-refractivity contribution in [2.45, 2.75) is 176 Å². The first kappa shape index (κ1) is 38.9. The quantitative estimate of drug-likeness (QED) is 0.0795. The summed E-state index contributed by atoms with van der Waals surface area (Å²) < 4.78 is 0. The van der Waals surface area contributed by atoms with Gasteiger partial charge in [-0.25, -0.2) is 0 Å². The van der Waals surface area contributed by atoms with Gasteiger partial charge in [0.05, 0.1) is 0 Å². The van der Waals surface area contributed by atoms with Crippen LogP contribution in [0, 0.1) is 19.3 Å². The van der Waals surface area contributed by atoms with E-state index in [2.05, 4.69) is 60.8 Å². The molecule has 0 saturated carbocycles. The Hall–Kier alpha value is 0.623. The summed E-state index contributed by atoms with van der Waals surface area (Å²) in [5, 5.41) is 0. The standard InChI is InChI=1S/3C10H21.Ru/c3*1-3-5-7-9-10-8-6-4-2;/h3*5H,3-4,6-10H2,1-2H3;/q3*-1;+3. The SMILES string of the molecule is CC[CH-]CCCCCCC.CC[CH-]CCCCCCC.CC[CH-]CCCCCCC.[Ru+3]. The topological polar surface area (TPSA) is 0 Å². The van der Waals surface area contributed by atoms with Gasteiger partial charge >= 0.3 is 19.5 Å². The van der Waals surface area contributed by atoms with Crippen LogP contribution >= 0.6 is 0 Å². The van der Waals surface area contributed by atoms with Crippen molar-refractivity contribution in [3.8, 4) is 0 Å². The molecule has 0 amide bonds. The van der Waals surface area contributed by atoms with Gasteiger partial charge in [-0.1, -0.05) is 138 Å². The smallest absolute Gasteiger partial charge is 0.329 e. The van der Waals surface area contributed by atoms with Gasteiger partial charge < -0.3 is 19.3 Å². The summed E-state index contributed by atoms with van der Waals surface area (Å²) >= 11 is 0. The van der Waals surface area contributed by atoms with Gasteiger partial charge in [0.25, 0.3) is 0 Å². The Kier molecular flexibility index (Phi) is 55.6. The molecule has 0 aromatic carbocycles. The Bertz CT molecular complexity index is 164. The number of unbranched alkanes of at least 4 members (excludes halogenated alkanes) is 21. The third-order valence-corrected chi connectivity index (χ3v) is 5.40. The molecule has 0 atom stereocenters. The average Bonchev–Trinajstić information content (AvgIpc) is 2.77. The summed E-state index contributed by atoms with van der Waals surface area (Å²) in [6.07, 6.45) is 36.1. The van der Waals surface area contributed by atoms with E-state index in [0.29, 0.717) is 0 Å². The fourth-order valence-electron chi connectivity index (χ4n) is 3.29. The molecule has 0 aromatic rings. The van der Waals surface area contributed by atoms with Gasteiger partial charge in [-0.15, -0.1) is 0 Å². The summed E-state index contributed by atoms with van der Waals surface area (Å²) in [4.78, 5) is 0. The zero-order chi connectivity index (χ0) is 23.0. The molecule has 0 bridgehead atoms. The van der Waals surface area contributed by atoms with E-state index in [4.69, 9.17) is 0 Å². The minimum absolute atomic E-state index is 0. The number of rotatable bonds is 21. The van der Waals surface area contributed by atoms with Crippen molar-refractivity contribution in [1.82, 2.24) is 0 Å². The minimum atomic E-state index is 0. The zero-order valence-corrected chi connectivity index (χ0v) is 24.7. The second-order valence-corrected chi connectivity index (χ2v) is 8.70. The van der Waals surface area contributed by atoms with Gasteiger partial charge in [0, 0.05) is 0 Å². The molecule has 0 N–H and O–H groups in total. The van der Waals surface area contributed by atoms with Gasteiger partial charge in [0.15, 0.2) is 0 Å². The van der Waals surface area contributed by atoms with E-state index in [0.717, 1.165) is 0 Å². The number of hydrogen-bond donors (Lipinski definition) is 0. The van der Waals surface area contributed by atoms with Crippen LogP contribution in [-0.2, 0) is 19.5 Å². The Morgan fingerprint density at radius 2 is 0.548 bits per heavy atom. The molecule has 0 rings (SSSR count). The molecule has 0 unspecified atom stereocenters. The van der Waals surface area contributed by atoms with Crippen LogP contribution in [0.5, 0.6) is 0 Å². The van der Waals surface area contributed by atoms with E-state index in [9.17, 15) is 0 Å². The molecule has 0 heterocycles.